The molecule has 0 spiro atoms. The topological polar surface area (TPSA) is 97.3 Å². The molecule has 0 unspecified atom stereocenters. The normalized spacial score (nSPS) is 21.7. The van der Waals surface area contributed by atoms with Crippen molar-refractivity contribution in [1.82, 2.24) is 25.6 Å². The second-order valence-corrected chi connectivity index (χ2v) is 8.27. The van der Waals surface area contributed by atoms with Crippen LogP contribution in [0.4, 0.5) is 13.2 Å². The minimum Gasteiger partial charge on any atom is -0.425 e. The quantitative estimate of drug-likeness (QED) is 0.619. The summed E-state index contributed by atoms with van der Waals surface area (Å²) in [7, 11) is 0. The van der Waals surface area contributed by atoms with Gasteiger partial charge in [0.15, 0.2) is 0 Å². The maximum atomic E-state index is 12.4. The van der Waals surface area contributed by atoms with Gasteiger partial charge in [-0.3, -0.25) is 9.69 Å². The standard InChI is InChI=1S/C21H20F3N5O3/c22-21(23,24)11-29-9-14(10-29)20-27-26-19(31-20)13-6-15(7-13)25-18(30)17-8-16(28-32-17)12-4-2-1-3-5-12/h1-5,8,13-15H,6-7,9-11H2,(H,25,30). The third kappa shape index (κ3) is 4.38. The molecule has 1 saturated carbocycles. The zero-order valence-electron chi connectivity index (χ0n) is 16.9. The number of nitrogens with one attached hydrogen (secondary N) is 1. The molecule has 1 aromatic carbocycles. The van der Waals surface area contributed by atoms with Crippen molar-refractivity contribution in [3.05, 3.63) is 53.9 Å². The molecule has 2 aliphatic rings. The van der Waals surface area contributed by atoms with Crippen molar-refractivity contribution >= 4 is 5.91 Å². The van der Waals surface area contributed by atoms with E-state index in [-0.39, 0.29) is 42.6 Å². The third-order valence-electron chi connectivity index (χ3n) is 5.79. The van der Waals surface area contributed by atoms with E-state index in [4.69, 9.17) is 8.94 Å². The fraction of sp³-hybridized carbons (Fsp3) is 0.429. The van der Waals surface area contributed by atoms with Crippen LogP contribution in [0.1, 0.15) is 47.0 Å². The molecule has 0 bridgehead atoms. The van der Waals surface area contributed by atoms with Crippen LogP contribution in [-0.4, -0.2) is 58.0 Å². The van der Waals surface area contributed by atoms with Gasteiger partial charge in [0, 0.05) is 36.7 Å². The Morgan fingerprint density at radius 2 is 1.78 bits per heavy atom. The predicted molar refractivity (Wildman–Crippen MR) is 105 cm³/mol. The number of benzene rings is 1. The largest absolute Gasteiger partial charge is 0.425 e. The highest BCUT2D eigenvalue weighted by molar-refractivity contribution is 5.92. The molecular weight excluding hydrogens is 427 g/mol. The van der Waals surface area contributed by atoms with Crippen LogP contribution in [0.25, 0.3) is 11.3 Å². The number of rotatable bonds is 6. The zero-order chi connectivity index (χ0) is 22.3. The number of hydrogen-bond donors (Lipinski definition) is 1. The molecule has 1 aliphatic carbocycles. The van der Waals surface area contributed by atoms with E-state index >= 15 is 0 Å². The molecule has 168 valence electrons. The van der Waals surface area contributed by atoms with Crippen LogP contribution in [0.3, 0.4) is 0 Å². The third-order valence-corrected chi connectivity index (χ3v) is 5.79. The van der Waals surface area contributed by atoms with Crippen LogP contribution in [0.2, 0.25) is 0 Å². The van der Waals surface area contributed by atoms with Gasteiger partial charge in [0.1, 0.15) is 5.69 Å². The lowest BCUT2D eigenvalue weighted by Gasteiger charge is -2.37. The summed E-state index contributed by atoms with van der Waals surface area (Å²) in [5.41, 5.74) is 1.45. The van der Waals surface area contributed by atoms with Gasteiger partial charge in [0.25, 0.3) is 5.91 Å². The summed E-state index contributed by atoms with van der Waals surface area (Å²) < 4.78 is 48.1. The van der Waals surface area contributed by atoms with E-state index in [2.05, 4.69) is 20.7 Å². The van der Waals surface area contributed by atoms with Crippen molar-refractivity contribution in [2.24, 2.45) is 0 Å². The summed E-state index contributed by atoms with van der Waals surface area (Å²) >= 11 is 0. The molecule has 3 heterocycles. The lowest BCUT2D eigenvalue weighted by molar-refractivity contribution is -0.155. The van der Waals surface area contributed by atoms with Crippen LogP contribution >= 0.6 is 0 Å². The average Bonchev–Trinajstić information content (AvgIpc) is 3.36. The summed E-state index contributed by atoms with van der Waals surface area (Å²) in [5.74, 6) is 0.489. The van der Waals surface area contributed by atoms with E-state index in [1.165, 1.54) is 4.90 Å². The summed E-state index contributed by atoms with van der Waals surface area (Å²) in [5, 5.41) is 14.9. The van der Waals surface area contributed by atoms with Crippen LogP contribution in [-0.2, 0) is 0 Å². The molecule has 1 saturated heterocycles. The Kier molecular flexibility index (Phi) is 5.20. The van der Waals surface area contributed by atoms with Gasteiger partial charge in [-0.1, -0.05) is 35.5 Å². The number of carbonyl (C=O) groups excluding carboxylic acids is 1. The second kappa shape index (κ2) is 8.05. The number of hydrogen-bond acceptors (Lipinski definition) is 7. The number of nitrogens with zero attached hydrogens (tertiary/aromatic N) is 4. The fourth-order valence-corrected chi connectivity index (χ4v) is 4.01. The minimum absolute atomic E-state index is 0.0162. The van der Waals surface area contributed by atoms with E-state index in [1.807, 2.05) is 30.3 Å². The predicted octanol–water partition coefficient (Wildman–Crippen LogP) is 3.36. The van der Waals surface area contributed by atoms with Crippen LogP contribution in [0.5, 0.6) is 0 Å². The van der Waals surface area contributed by atoms with Crippen LogP contribution in [0.15, 0.2) is 45.3 Å². The van der Waals surface area contributed by atoms with Gasteiger partial charge < -0.3 is 14.3 Å². The molecule has 1 N–H and O–H groups in total. The second-order valence-electron chi connectivity index (χ2n) is 8.27. The molecule has 11 heteroatoms. The van der Waals surface area contributed by atoms with Gasteiger partial charge in [-0.15, -0.1) is 10.2 Å². The van der Waals surface area contributed by atoms with Gasteiger partial charge in [-0.2, -0.15) is 13.2 Å². The molecule has 32 heavy (non-hydrogen) atoms. The van der Waals surface area contributed by atoms with E-state index < -0.39 is 12.7 Å². The van der Waals surface area contributed by atoms with E-state index in [0.29, 0.717) is 30.3 Å². The summed E-state index contributed by atoms with van der Waals surface area (Å²) in [4.78, 5) is 13.7. The summed E-state index contributed by atoms with van der Waals surface area (Å²) in [6.45, 7) is -0.411. The lowest BCUT2D eigenvalue weighted by Crippen LogP contribution is -2.49. The maximum Gasteiger partial charge on any atom is 0.401 e. The monoisotopic (exact) mass is 447 g/mol. The highest BCUT2D eigenvalue weighted by atomic mass is 19.4. The van der Waals surface area contributed by atoms with E-state index in [9.17, 15) is 18.0 Å². The molecule has 5 rings (SSSR count). The van der Waals surface area contributed by atoms with Crippen molar-refractivity contribution in [3.63, 3.8) is 0 Å². The molecule has 1 amide bonds. The highest BCUT2D eigenvalue weighted by Crippen LogP contribution is 2.38. The van der Waals surface area contributed by atoms with Crippen molar-refractivity contribution in [2.75, 3.05) is 19.6 Å². The Labute approximate surface area is 180 Å². The van der Waals surface area contributed by atoms with Crippen molar-refractivity contribution in [3.8, 4) is 11.3 Å². The molecule has 2 fully saturated rings. The first-order chi connectivity index (χ1) is 15.3. The van der Waals surface area contributed by atoms with Crippen molar-refractivity contribution < 1.29 is 26.9 Å². The number of carbonyl (C=O) groups is 1. The Morgan fingerprint density at radius 1 is 1.09 bits per heavy atom. The first-order valence-corrected chi connectivity index (χ1v) is 10.3. The lowest BCUT2D eigenvalue weighted by atomic mass is 9.80. The van der Waals surface area contributed by atoms with E-state index in [1.54, 1.807) is 6.07 Å². The Balaban J connectivity index is 1.09. The molecule has 0 radical (unpaired) electrons. The Bertz CT molecular complexity index is 1090. The summed E-state index contributed by atoms with van der Waals surface area (Å²) in [6, 6.07) is 11.0. The van der Waals surface area contributed by atoms with Gasteiger partial charge in [-0.05, 0) is 12.8 Å². The van der Waals surface area contributed by atoms with Crippen LogP contribution < -0.4 is 5.32 Å². The summed E-state index contributed by atoms with van der Waals surface area (Å²) in [6.07, 6.45) is -2.93. The SMILES string of the molecule is O=C(NC1CC(c2nnc(C3CN(CC(F)(F)F)C3)o2)C1)c1cc(-c2ccccc2)no1. The van der Waals surface area contributed by atoms with Gasteiger partial charge >= 0.3 is 6.18 Å². The first-order valence-electron chi connectivity index (χ1n) is 10.3. The minimum atomic E-state index is -4.20. The molecule has 2 aromatic heterocycles. The molecule has 0 atom stereocenters. The molecular formula is C21H20F3N5O3. The number of alkyl halides is 3. The fourth-order valence-electron chi connectivity index (χ4n) is 4.01. The van der Waals surface area contributed by atoms with Gasteiger partial charge in [-0.25, -0.2) is 0 Å². The van der Waals surface area contributed by atoms with Gasteiger partial charge in [0.2, 0.25) is 17.5 Å². The molecule has 8 nitrogen and oxygen atoms in total. The Hall–Kier alpha value is -3.21. The molecule has 1 aliphatic heterocycles. The number of likely N-dealkylation sites (tertiary alicyclic amines) is 1. The number of halogens is 3. The maximum absolute atomic E-state index is 12.4. The average molecular weight is 447 g/mol. The number of amides is 1. The Morgan fingerprint density at radius 3 is 2.47 bits per heavy atom. The molecule has 3 aromatic rings. The van der Waals surface area contributed by atoms with Gasteiger partial charge in [0.05, 0.1) is 12.5 Å². The zero-order valence-corrected chi connectivity index (χ0v) is 16.9. The van der Waals surface area contributed by atoms with E-state index in [0.717, 1.165) is 5.56 Å². The smallest absolute Gasteiger partial charge is 0.401 e. The first kappa shape index (κ1) is 20.7. The highest BCUT2D eigenvalue weighted by Gasteiger charge is 2.41. The van der Waals surface area contributed by atoms with Crippen molar-refractivity contribution in [2.45, 2.75) is 36.9 Å². The number of aromatic nitrogens is 3. The van der Waals surface area contributed by atoms with Crippen LogP contribution in [0, 0.1) is 0 Å². The van der Waals surface area contributed by atoms with Crippen molar-refractivity contribution in [1.29, 1.82) is 0 Å².